The van der Waals surface area contributed by atoms with Crippen LogP contribution in [0.3, 0.4) is 0 Å². The van der Waals surface area contributed by atoms with Crippen LogP contribution in [0.1, 0.15) is 56.1 Å². The number of nitrogens with zero attached hydrogens (tertiary/aromatic N) is 4. The van der Waals surface area contributed by atoms with Crippen LogP contribution in [0.15, 0.2) is 58.1 Å². The Bertz CT molecular complexity index is 1370. The first-order valence-corrected chi connectivity index (χ1v) is 12.1. The number of aryl methyl sites for hydroxylation is 1. The minimum absolute atomic E-state index is 0. The molecule has 2 aromatic carbocycles. The van der Waals surface area contributed by atoms with Gasteiger partial charge in [0.2, 0.25) is 0 Å². The van der Waals surface area contributed by atoms with Crippen molar-refractivity contribution in [2.24, 2.45) is 0 Å². The van der Waals surface area contributed by atoms with E-state index in [0.717, 1.165) is 30.4 Å². The van der Waals surface area contributed by atoms with E-state index in [1.54, 1.807) is 24.3 Å². The number of rotatable bonds is 10. The van der Waals surface area contributed by atoms with Crippen LogP contribution < -0.4 is 45.8 Å². The normalized spacial score (nSPS) is 11.2. The molecule has 10 heteroatoms. The molecule has 0 aliphatic rings. The molecule has 0 saturated heterocycles. The monoisotopic (exact) mass is 522 g/mol. The van der Waals surface area contributed by atoms with Crippen LogP contribution >= 0.6 is 11.6 Å². The van der Waals surface area contributed by atoms with E-state index in [4.69, 9.17) is 11.6 Å². The molecule has 0 saturated carbocycles. The van der Waals surface area contributed by atoms with Crippen LogP contribution in [0.2, 0.25) is 5.28 Å². The summed E-state index contributed by atoms with van der Waals surface area (Å²) in [5, 5.41) is -0.0637. The van der Waals surface area contributed by atoms with Crippen LogP contribution in [0.4, 0.5) is 8.78 Å². The number of hydrogen-bond acceptors (Lipinski definition) is 3. The Balaban J connectivity index is 0.00000361. The summed E-state index contributed by atoms with van der Waals surface area (Å²) >= 11 is 5.96. The second-order valence-corrected chi connectivity index (χ2v) is 8.90. The van der Waals surface area contributed by atoms with Crippen LogP contribution in [0, 0.1) is 11.6 Å². The van der Waals surface area contributed by atoms with Gasteiger partial charge in [-0.25, -0.2) is 13.6 Å². The Morgan fingerprint density at radius 3 is 2.00 bits per heavy atom. The Morgan fingerprint density at radius 1 is 0.889 bits per heavy atom. The number of halogens is 3. The average molecular weight is 523 g/mol. The molecular weight excluding hydrogens is 497 g/mol. The summed E-state index contributed by atoms with van der Waals surface area (Å²) < 4.78 is 29.7. The summed E-state index contributed by atoms with van der Waals surface area (Å²) in [6, 6.07) is 12.3. The zero-order valence-electron chi connectivity index (χ0n) is 20.4. The second-order valence-electron chi connectivity index (χ2n) is 8.56. The molecule has 0 aliphatic heterocycles. The van der Waals surface area contributed by atoms with Crippen molar-refractivity contribution in [3.63, 3.8) is 0 Å². The van der Waals surface area contributed by atoms with Gasteiger partial charge >= 0.3 is 35.2 Å². The van der Waals surface area contributed by atoms with Gasteiger partial charge in [-0.15, -0.1) is 0 Å². The van der Waals surface area contributed by atoms with Crippen molar-refractivity contribution in [2.45, 2.75) is 58.0 Å². The van der Waals surface area contributed by atoms with E-state index in [-0.39, 0.29) is 70.1 Å². The maximum absolute atomic E-state index is 13.5. The van der Waals surface area contributed by atoms with E-state index in [1.807, 2.05) is 0 Å². The molecule has 0 atom stereocenters. The third-order valence-electron chi connectivity index (χ3n) is 6.18. The van der Waals surface area contributed by atoms with Gasteiger partial charge in [-0.05, 0) is 54.7 Å². The van der Waals surface area contributed by atoms with Crippen molar-refractivity contribution < 1.29 is 38.3 Å². The number of hydrogen-bond donors (Lipinski definition) is 0. The molecule has 4 rings (SSSR count). The van der Waals surface area contributed by atoms with Gasteiger partial charge in [0.1, 0.15) is 11.6 Å². The molecule has 184 valence electrons. The van der Waals surface area contributed by atoms with Gasteiger partial charge in [-0.1, -0.05) is 55.6 Å². The maximum atomic E-state index is 13.5. The van der Waals surface area contributed by atoms with E-state index >= 15 is 0 Å². The summed E-state index contributed by atoms with van der Waals surface area (Å²) in [6.07, 6.45) is 3.73. The van der Waals surface area contributed by atoms with Crippen molar-refractivity contribution in [3.05, 3.63) is 97.4 Å². The summed E-state index contributed by atoms with van der Waals surface area (Å²) in [5.41, 5.74) is 1.08. The van der Waals surface area contributed by atoms with E-state index in [1.165, 1.54) is 33.4 Å². The molecule has 0 aliphatic carbocycles. The van der Waals surface area contributed by atoms with E-state index in [2.05, 4.69) is 16.9 Å². The van der Waals surface area contributed by atoms with E-state index < -0.39 is 11.2 Å². The van der Waals surface area contributed by atoms with Crippen LogP contribution in [-0.4, -0.2) is 14.1 Å². The summed E-state index contributed by atoms with van der Waals surface area (Å²) in [5.74, 6) is -0.843. The summed E-state index contributed by atoms with van der Waals surface area (Å²) in [6.45, 7) is 2.66. The predicted molar refractivity (Wildman–Crippen MR) is 132 cm³/mol. The fraction of sp³-hybridized carbons (Fsp3) is 0.346. The fourth-order valence-electron chi connectivity index (χ4n) is 4.38. The third-order valence-corrected chi connectivity index (χ3v) is 6.35. The predicted octanol–water partition coefficient (Wildman–Crippen LogP) is 2.25. The molecule has 0 amide bonds. The van der Waals surface area contributed by atoms with Crippen molar-refractivity contribution >= 4 is 22.8 Å². The quantitative estimate of drug-likeness (QED) is 0.182. The van der Waals surface area contributed by atoms with Gasteiger partial charge in [0.15, 0.2) is 0 Å². The molecule has 0 radical (unpaired) electrons. The molecule has 6 nitrogen and oxygen atoms in total. The first-order valence-electron chi connectivity index (χ1n) is 11.7. The molecule has 2 heterocycles. The van der Waals surface area contributed by atoms with Crippen molar-refractivity contribution in [3.8, 4) is 0 Å². The number of aromatic nitrogens is 4. The van der Waals surface area contributed by atoms with E-state index in [0.29, 0.717) is 19.4 Å². The molecule has 0 unspecified atom stereocenters. The van der Waals surface area contributed by atoms with Crippen molar-refractivity contribution in [1.82, 2.24) is 19.1 Å². The smallest absolute Gasteiger partial charge is 0.420 e. The number of benzene rings is 2. The van der Waals surface area contributed by atoms with Crippen molar-refractivity contribution in [1.29, 1.82) is 0 Å². The first kappa shape index (κ1) is 28.3. The van der Waals surface area contributed by atoms with Gasteiger partial charge in [-0.2, -0.15) is 0 Å². The molecule has 0 fully saturated rings. The fourth-order valence-corrected chi connectivity index (χ4v) is 4.54. The van der Waals surface area contributed by atoms with Gasteiger partial charge in [-0.3, -0.25) is 13.9 Å². The SMILES string of the molecule is CCCCCn1c(=O)n(CCCC(c2ccc(F)cc2)c2ccc(F)cc2)c(=O)c2[n-]c(Cl)nc21.[Na+]. The largest absolute Gasteiger partial charge is 1.00 e. The molecule has 36 heavy (non-hydrogen) atoms. The molecule has 0 bridgehead atoms. The van der Waals surface area contributed by atoms with Crippen molar-refractivity contribution in [2.75, 3.05) is 0 Å². The van der Waals surface area contributed by atoms with Gasteiger partial charge < -0.3 is 9.97 Å². The van der Waals surface area contributed by atoms with Crippen LogP contribution in [-0.2, 0) is 13.1 Å². The molecular formula is C26H26ClF2N4NaO2. The Morgan fingerprint density at radius 2 is 1.44 bits per heavy atom. The summed E-state index contributed by atoms with van der Waals surface area (Å²) in [4.78, 5) is 34.4. The molecule has 4 aromatic rings. The van der Waals surface area contributed by atoms with E-state index in [9.17, 15) is 18.4 Å². The third kappa shape index (κ3) is 6.35. The maximum Gasteiger partial charge on any atom is 1.00 e. The summed E-state index contributed by atoms with van der Waals surface area (Å²) in [7, 11) is 0. The second kappa shape index (κ2) is 12.8. The number of unbranched alkanes of at least 4 members (excludes halogenated alkanes) is 2. The van der Waals surface area contributed by atoms with Gasteiger partial charge in [0.25, 0.3) is 5.56 Å². The zero-order valence-corrected chi connectivity index (χ0v) is 23.1. The minimum atomic E-state index is -0.517. The topological polar surface area (TPSA) is 71.0 Å². The van der Waals surface area contributed by atoms with Gasteiger partial charge in [0, 0.05) is 35.5 Å². The minimum Gasteiger partial charge on any atom is -0.420 e. The Labute approximate surface area is 234 Å². The molecule has 2 aromatic heterocycles. The van der Waals surface area contributed by atoms with Crippen LogP contribution in [0.25, 0.3) is 11.2 Å². The molecule has 0 spiro atoms. The Kier molecular flexibility index (Phi) is 10.1. The Hall–Kier alpha value is -2.26. The first-order chi connectivity index (χ1) is 16.9. The number of fused-ring (bicyclic) bond motifs is 1. The van der Waals surface area contributed by atoms with Crippen LogP contribution in [0.5, 0.6) is 0 Å². The zero-order chi connectivity index (χ0) is 24.9. The number of imidazole rings is 1. The molecule has 0 N–H and O–H groups in total. The average Bonchev–Trinajstić information content (AvgIpc) is 3.24. The standard InChI is InChI=1S/C26H27ClF2N4O2.Na/c1-2-3-4-15-32-23-22(30-25(27)31-23)24(34)33(26(32)35)16-5-6-21(17-7-11-19(28)12-8-17)18-9-13-20(29)14-10-18;/h7-14,21H,2-6,15-16H2,1H3,(H,30,31,34);/q;+1/p-1. The van der Waals surface area contributed by atoms with Gasteiger partial charge in [0.05, 0.1) is 0 Å².